The number of carbonyl (C=O) groups is 2. The van der Waals surface area contributed by atoms with Crippen LogP contribution in [0.2, 0.25) is 0 Å². The number of hydrogen-bond donors (Lipinski definition) is 4. The molecule has 1 saturated heterocycles. The Morgan fingerprint density at radius 2 is 2.36 bits per heavy atom. The van der Waals surface area contributed by atoms with Gasteiger partial charge >= 0.3 is 6.09 Å². The third-order valence-corrected chi connectivity index (χ3v) is 2.37. The maximum atomic E-state index is 11.2. The first kappa shape index (κ1) is 10.8. The first-order chi connectivity index (χ1) is 6.52. The highest BCUT2D eigenvalue weighted by atomic mass is 16.4. The molecule has 1 fully saturated rings. The Morgan fingerprint density at radius 3 is 2.79 bits per heavy atom. The summed E-state index contributed by atoms with van der Waals surface area (Å²) in [7, 11) is 0. The minimum Gasteiger partial charge on any atom is -0.465 e. The van der Waals surface area contributed by atoms with Gasteiger partial charge in [-0.25, -0.2) is 4.79 Å². The first-order valence-electron chi connectivity index (χ1n) is 4.47. The lowest BCUT2D eigenvalue weighted by Gasteiger charge is -2.22. The number of carbonyl (C=O) groups excluding carboxylic acids is 1. The van der Waals surface area contributed by atoms with E-state index in [1.165, 1.54) is 6.92 Å². The summed E-state index contributed by atoms with van der Waals surface area (Å²) in [5, 5.41) is 22.8. The Hall–Kier alpha value is -1.30. The molecule has 0 bridgehead atoms. The number of rotatable bonds is 3. The average molecular weight is 202 g/mol. The molecule has 1 rings (SSSR count). The Bertz CT molecular complexity index is 243. The molecular weight excluding hydrogens is 188 g/mol. The Labute approximate surface area is 81.3 Å². The van der Waals surface area contributed by atoms with E-state index in [9.17, 15) is 14.7 Å². The van der Waals surface area contributed by atoms with E-state index in [0.29, 0.717) is 13.0 Å². The van der Waals surface area contributed by atoms with Crippen LogP contribution in [0.4, 0.5) is 4.79 Å². The van der Waals surface area contributed by atoms with Crippen molar-refractivity contribution in [3.05, 3.63) is 0 Å². The van der Waals surface area contributed by atoms with Gasteiger partial charge in [-0.2, -0.15) is 0 Å². The van der Waals surface area contributed by atoms with Gasteiger partial charge in [-0.1, -0.05) is 0 Å². The Morgan fingerprint density at radius 1 is 1.71 bits per heavy atom. The largest absolute Gasteiger partial charge is 0.465 e. The summed E-state index contributed by atoms with van der Waals surface area (Å²) < 4.78 is 0. The summed E-state index contributed by atoms with van der Waals surface area (Å²) in [5.41, 5.74) is 0. The predicted octanol–water partition coefficient (Wildman–Crippen LogP) is -0.861. The van der Waals surface area contributed by atoms with E-state index < -0.39 is 24.2 Å². The molecule has 80 valence electrons. The predicted molar refractivity (Wildman–Crippen MR) is 47.7 cm³/mol. The third kappa shape index (κ3) is 2.35. The van der Waals surface area contributed by atoms with Crippen LogP contribution in [-0.4, -0.2) is 40.9 Å². The van der Waals surface area contributed by atoms with Gasteiger partial charge in [-0.05, 0) is 13.3 Å². The second kappa shape index (κ2) is 4.28. The second-order valence-corrected chi connectivity index (χ2v) is 3.41. The summed E-state index contributed by atoms with van der Waals surface area (Å²) in [6, 6.07) is -0.638. The highest BCUT2D eigenvalue weighted by molar-refractivity contribution is 5.81. The van der Waals surface area contributed by atoms with Crippen LogP contribution >= 0.6 is 0 Å². The Balaban J connectivity index is 2.50. The van der Waals surface area contributed by atoms with Crippen molar-refractivity contribution in [2.24, 2.45) is 5.92 Å². The molecule has 14 heavy (non-hydrogen) atoms. The van der Waals surface area contributed by atoms with Crippen LogP contribution in [0.25, 0.3) is 0 Å². The highest BCUT2D eigenvalue weighted by Gasteiger charge is 2.34. The van der Waals surface area contributed by atoms with Crippen LogP contribution in [0, 0.1) is 5.92 Å². The third-order valence-electron chi connectivity index (χ3n) is 2.37. The molecule has 0 saturated carbocycles. The molecule has 4 N–H and O–H groups in total. The van der Waals surface area contributed by atoms with Crippen LogP contribution in [0.1, 0.15) is 13.3 Å². The van der Waals surface area contributed by atoms with Gasteiger partial charge in [-0.15, -0.1) is 0 Å². The van der Waals surface area contributed by atoms with E-state index in [0.717, 1.165) is 0 Å². The van der Waals surface area contributed by atoms with Crippen molar-refractivity contribution >= 4 is 12.0 Å². The fourth-order valence-corrected chi connectivity index (χ4v) is 1.57. The molecule has 1 aliphatic rings. The fraction of sp³-hybridized carbons (Fsp3) is 0.750. The maximum Gasteiger partial charge on any atom is 0.404 e. The van der Waals surface area contributed by atoms with E-state index in [1.807, 2.05) is 0 Å². The van der Waals surface area contributed by atoms with Gasteiger partial charge in [0.25, 0.3) is 0 Å². The van der Waals surface area contributed by atoms with Gasteiger partial charge in [0.15, 0.2) is 0 Å². The number of nitrogens with one attached hydrogen (secondary N) is 2. The van der Waals surface area contributed by atoms with Gasteiger partial charge in [-0.3, -0.25) is 4.79 Å². The number of aliphatic hydroxyl groups is 1. The number of carboxylic acid groups (broad SMARTS) is 1. The van der Waals surface area contributed by atoms with Gasteiger partial charge in [0.2, 0.25) is 5.91 Å². The first-order valence-corrected chi connectivity index (χ1v) is 4.47. The van der Waals surface area contributed by atoms with Crippen LogP contribution in [0.3, 0.4) is 0 Å². The van der Waals surface area contributed by atoms with E-state index in [-0.39, 0.29) is 5.91 Å². The van der Waals surface area contributed by atoms with Crippen molar-refractivity contribution in [2.45, 2.75) is 25.5 Å². The normalized spacial score (nSPS) is 25.3. The molecule has 0 aromatic carbocycles. The minimum absolute atomic E-state index is 0.212. The van der Waals surface area contributed by atoms with E-state index in [4.69, 9.17) is 5.11 Å². The SMILES string of the molecule is CC(NC(=O)O)C(O)[C@@H]1CCNC1=O. The van der Waals surface area contributed by atoms with Crippen molar-refractivity contribution in [1.82, 2.24) is 10.6 Å². The maximum absolute atomic E-state index is 11.2. The van der Waals surface area contributed by atoms with Crippen LogP contribution in [0.5, 0.6) is 0 Å². The van der Waals surface area contributed by atoms with E-state index in [2.05, 4.69) is 10.6 Å². The average Bonchev–Trinajstić information content (AvgIpc) is 2.48. The minimum atomic E-state index is -1.20. The van der Waals surface area contributed by atoms with Crippen LogP contribution in [0.15, 0.2) is 0 Å². The molecule has 3 atom stereocenters. The van der Waals surface area contributed by atoms with Gasteiger partial charge in [0, 0.05) is 6.54 Å². The fourth-order valence-electron chi connectivity index (χ4n) is 1.57. The van der Waals surface area contributed by atoms with Gasteiger partial charge in [0.05, 0.1) is 18.1 Å². The van der Waals surface area contributed by atoms with Crippen molar-refractivity contribution < 1.29 is 19.8 Å². The topological polar surface area (TPSA) is 98.7 Å². The number of aliphatic hydroxyl groups excluding tert-OH is 1. The molecule has 0 aliphatic carbocycles. The molecule has 0 aromatic heterocycles. The number of hydrogen-bond acceptors (Lipinski definition) is 3. The number of amides is 2. The van der Waals surface area contributed by atoms with Crippen molar-refractivity contribution in [3.8, 4) is 0 Å². The molecule has 6 heteroatoms. The van der Waals surface area contributed by atoms with Crippen LogP contribution in [-0.2, 0) is 4.79 Å². The summed E-state index contributed by atoms with van der Waals surface area (Å²) in [6.45, 7) is 2.07. The van der Waals surface area contributed by atoms with E-state index in [1.54, 1.807) is 0 Å². The summed E-state index contributed by atoms with van der Waals surface area (Å²) in [4.78, 5) is 21.4. The zero-order chi connectivity index (χ0) is 10.7. The Kier molecular flexibility index (Phi) is 3.29. The van der Waals surface area contributed by atoms with Crippen molar-refractivity contribution in [3.63, 3.8) is 0 Å². The quantitative estimate of drug-likeness (QED) is 0.478. The molecular formula is C8H14N2O4. The molecule has 2 unspecified atom stereocenters. The lowest BCUT2D eigenvalue weighted by atomic mass is 9.96. The molecule has 1 aliphatic heterocycles. The van der Waals surface area contributed by atoms with Crippen molar-refractivity contribution in [1.29, 1.82) is 0 Å². The molecule has 1 heterocycles. The zero-order valence-corrected chi connectivity index (χ0v) is 7.86. The highest BCUT2D eigenvalue weighted by Crippen LogP contribution is 2.16. The summed E-state index contributed by atoms with van der Waals surface area (Å²) in [5.74, 6) is -0.714. The zero-order valence-electron chi connectivity index (χ0n) is 7.86. The monoisotopic (exact) mass is 202 g/mol. The second-order valence-electron chi connectivity index (χ2n) is 3.41. The smallest absolute Gasteiger partial charge is 0.404 e. The molecule has 6 nitrogen and oxygen atoms in total. The molecule has 0 aromatic rings. The molecule has 0 radical (unpaired) electrons. The standard InChI is InChI=1S/C8H14N2O4/c1-4(10-8(13)14)6(11)5-2-3-9-7(5)12/h4-6,10-11H,2-3H2,1H3,(H,9,12)(H,13,14)/t4?,5-,6?/m0/s1. The molecule has 2 amide bonds. The lowest BCUT2D eigenvalue weighted by Crippen LogP contribution is -2.45. The lowest BCUT2D eigenvalue weighted by molar-refractivity contribution is -0.126. The van der Waals surface area contributed by atoms with Gasteiger partial charge in [0.1, 0.15) is 0 Å². The van der Waals surface area contributed by atoms with E-state index >= 15 is 0 Å². The van der Waals surface area contributed by atoms with Gasteiger partial charge < -0.3 is 20.8 Å². The molecule has 0 spiro atoms. The summed E-state index contributed by atoms with van der Waals surface area (Å²) in [6.07, 6.45) is -1.62. The van der Waals surface area contributed by atoms with Crippen molar-refractivity contribution in [2.75, 3.05) is 6.54 Å². The summed E-state index contributed by atoms with van der Waals surface area (Å²) >= 11 is 0. The van der Waals surface area contributed by atoms with Crippen LogP contribution < -0.4 is 10.6 Å².